The van der Waals surface area contributed by atoms with Crippen molar-refractivity contribution < 1.29 is 17.6 Å². The number of hydrogen-bond donors (Lipinski definition) is 1. The summed E-state index contributed by atoms with van der Waals surface area (Å²) in [4.78, 5) is 12.3. The Hall–Kier alpha value is -2.12. The van der Waals surface area contributed by atoms with E-state index in [4.69, 9.17) is 11.6 Å². The van der Waals surface area contributed by atoms with Crippen LogP contribution < -0.4 is 9.62 Å². The van der Waals surface area contributed by atoms with Gasteiger partial charge in [0.1, 0.15) is 12.4 Å². The zero-order chi connectivity index (χ0) is 19.5. The van der Waals surface area contributed by atoms with Crippen LogP contribution in [-0.2, 0) is 14.8 Å². The van der Waals surface area contributed by atoms with Gasteiger partial charge in [-0.25, -0.2) is 12.8 Å². The van der Waals surface area contributed by atoms with Gasteiger partial charge >= 0.3 is 0 Å². The lowest BCUT2D eigenvalue weighted by atomic mass is 10.0. The number of halogens is 2. The summed E-state index contributed by atoms with van der Waals surface area (Å²) in [5, 5.41) is 2.38. The molecule has 0 radical (unpaired) electrons. The molecule has 2 aromatic carbocycles. The minimum Gasteiger partial charge on any atom is -0.324 e. The van der Waals surface area contributed by atoms with Gasteiger partial charge in [-0.05, 0) is 41.8 Å². The first-order chi connectivity index (χ1) is 12.1. The second kappa shape index (κ2) is 8.05. The Kier molecular flexibility index (Phi) is 6.26. The van der Waals surface area contributed by atoms with Crippen LogP contribution in [0.1, 0.15) is 25.3 Å². The van der Waals surface area contributed by atoms with Crippen molar-refractivity contribution in [2.45, 2.75) is 19.8 Å². The smallest absolute Gasteiger partial charge is 0.245 e. The van der Waals surface area contributed by atoms with Crippen LogP contribution in [0, 0.1) is 5.82 Å². The highest BCUT2D eigenvalue weighted by atomic mass is 35.5. The van der Waals surface area contributed by atoms with Gasteiger partial charge in [0, 0.05) is 5.69 Å². The van der Waals surface area contributed by atoms with E-state index in [-0.39, 0.29) is 10.7 Å². The molecular formula is C18H20ClFN2O3S. The molecule has 0 saturated carbocycles. The lowest BCUT2D eigenvalue weighted by molar-refractivity contribution is -0.114. The quantitative estimate of drug-likeness (QED) is 0.799. The lowest BCUT2D eigenvalue weighted by Crippen LogP contribution is -2.37. The van der Waals surface area contributed by atoms with Crippen LogP contribution in [0.5, 0.6) is 0 Å². The van der Waals surface area contributed by atoms with Crippen molar-refractivity contribution in [3.8, 4) is 0 Å². The van der Waals surface area contributed by atoms with Crippen molar-refractivity contribution >= 4 is 38.9 Å². The summed E-state index contributed by atoms with van der Waals surface area (Å²) < 4.78 is 38.4. The molecule has 0 spiro atoms. The van der Waals surface area contributed by atoms with E-state index in [1.54, 1.807) is 12.1 Å². The molecule has 1 amide bonds. The summed E-state index contributed by atoms with van der Waals surface area (Å²) in [7, 11) is -3.67. The van der Waals surface area contributed by atoms with E-state index in [1.807, 2.05) is 26.0 Å². The third-order valence-electron chi connectivity index (χ3n) is 3.74. The Morgan fingerprint density at radius 2 is 1.81 bits per heavy atom. The Morgan fingerprint density at radius 1 is 1.19 bits per heavy atom. The summed E-state index contributed by atoms with van der Waals surface area (Å²) in [5.41, 5.74) is 1.74. The minimum absolute atomic E-state index is 0.132. The molecule has 140 valence electrons. The number of carbonyl (C=O) groups excluding carboxylic acids is 1. The van der Waals surface area contributed by atoms with Gasteiger partial charge in [0.2, 0.25) is 15.9 Å². The zero-order valence-corrected chi connectivity index (χ0v) is 16.2. The molecule has 1 N–H and O–H groups in total. The normalized spacial score (nSPS) is 11.5. The van der Waals surface area contributed by atoms with Crippen LogP contribution in [0.4, 0.5) is 15.8 Å². The highest BCUT2D eigenvalue weighted by Crippen LogP contribution is 2.23. The van der Waals surface area contributed by atoms with Gasteiger partial charge in [0.25, 0.3) is 0 Å². The first-order valence-corrected chi connectivity index (χ1v) is 10.1. The molecule has 0 fully saturated rings. The first kappa shape index (κ1) is 20.2. The van der Waals surface area contributed by atoms with E-state index < -0.39 is 28.3 Å². The predicted octanol–water partition coefficient (Wildman–Crippen LogP) is 4.01. The lowest BCUT2D eigenvalue weighted by Gasteiger charge is -2.22. The maximum Gasteiger partial charge on any atom is 0.245 e. The number of sulfonamides is 1. The maximum atomic E-state index is 13.2. The molecule has 0 aromatic heterocycles. The largest absolute Gasteiger partial charge is 0.324 e. The van der Waals surface area contributed by atoms with Crippen molar-refractivity contribution in [2.24, 2.45) is 0 Å². The van der Waals surface area contributed by atoms with Gasteiger partial charge < -0.3 is 5.32 Å². The summed E-state index contributed by atoms with van der Waals surface area (Å²) >= 11 is 5.68. The average Bonchev–Trinajstić information content (AvgIpc) is 2.55. The summed E-state index contributed by atoms with van der Waals surface area (Å²) in [6.07, 6.45) is 1.03. The highest BCUT2D eigenvalue weighted by molar-refractivity contribution is 7.92. The van der Waals surface area contributed by atoms with Gasteiger partial charge in [-0.1, -0.05) is 37.6 Å². The van der Waals surface area contributed by atoms with E-state index in [2.05, 4.69) is 5.32 Å². The molecule has 0 aliphatic carbocycles. The van der Waals surface area contributed by atoms with Gasteiger partial charge in [0.05, 0.1) is 17.0 Å². The molecule has 0 heterocycles. The fraction of sp³-hybridized carbons (Fsp3) is 0.278. The Bertz CT molecular complexity index is 899. The van der Waals surface area contributed by atoms with Crippen LogP contribution >= 0.6 is 11.6 Å². The minimum atomic E-state index is -3.67. The molecular weight excluding hydrogens is 379 g/mol. The van der Waals surface area contributed by atoms with Crippen molar-refractivity contribution in [1.82, 2.24) is 0 Å². The predicted molar refractivity (Wildman–Crippen MR) is 103 cm³/mol. The number of amides is 1. The zero-order valence-electron chi connectivity index (χ0n) is 14.7. The number of hydrogen-bond acceptors (Lipinski definition) is 3. The average molecular weight is 399 g/mol. The van der Waals surface area contributed by atoms with E-state index in [1.165, 1.54) is 12.1 Å². The molecule has 0 atom stereocenters. The Morgan fingerprint density at radius 3 is 2.31 bits per heavy atom. The molecule has 2 rings (SSSR count). The molecule has 0 bridgehead atoms. The molecule has 8 heteroatoms. The SMILES string of the molecule is CC(C)c1ccc(N(CC(=O)Nc2ccc(F)c(Cl)c2)S(C)(=O)=O)cc1. The molecule has 2 aromatic rings. The van der Waals surface area contributed by atoms with E-state index in [0.29, 0.717) is 11.6 Å². The summed E-state index contributed by atoms with van der Waals surface area (Å²) in [5.74, 6) is -0.860. The monoisotopic (exact) mass is 398 g/mol. The van der Waals surface area contributed by atoms with Crippen LogP contribution in [0.2, 0.25) is 5.02 Å². The Balaban J connectivity index is 2.19. The number of anilines is 2. The molecule has 0 aliphatic heterocycles. The standard InChI is InChI=1S/C18H20ClFN2O3S/c1-12(2)13-4-7-15(8-5-13)22(26(3,24)25)11-18(23)21-14-6-9-17(20)16(19)10-14/h4-10,12H,11H2,1-3H3,(H,21,23). The molecule has 26 heavy (non-hydrogen) atoms. The fourth-order valence-electron chi connectivity index (χ4n) is 2.33. The Labute approximate surface area is 157 Å². The second-order valence-corrected chi connectivity index (χ2v) is 8.51. The van der Waals surface area contributed by atoms with Gasteiger partial charge in [-0.2, -0.15) is 0 Å². The number of carbonyl (C=O) groups is 1. The van der Waals surface area contributed by atoms with Crippen LogP contribution in [-0.4, -0.2) is 27.1 Å². The van der Waals surface area contributed by atoms with Crippen molar-refractivity contribution in [1.29, 1.82) is 0 Å². The molecule has 0 aliphatic rings. The number of rotatable bonds is 6. The summed E-state index contributed by atoms with van der Waals surface area (Å²) in [6.45, 7) is 3.66. The third-order valence-corrected chi connectivity index (χ3v) is 5.17. The van der Waals surface area contributed by atoms with Crippen molar-refractivity contribution in [3.05, 3.63) is 58.9 Å². The van der Waals surface area contributed by atoms with E-state index in [9.17, 15) is 17.6 Å². The number of nitrogens with zero attached hydrogens (tertiary/aromatic N) is 1. The molecule has 5 nitrogen and oxygen atoms in total. The van der Waals surface area contributed by atoms with Crippen LogP contribution in [0.25, 0.3) is 0 Å². The number of benzene rings is 2. The maximum absolute atomic E-state index is 13.2. The number of nitrogens with one attached hydrogen (secondary N) is 1. The van der Waals surface area contributed by atoms with E-state index >= 15 is 0 Å². The van der Waals surface area contributed by atoms with Crippen LogP contribution in [0.15, 0.2) is 42.5 Å². The van der Waals surface area contributed by atoms with Gasteiger partial charge in [-0.15, -0.1) is 0 Å². The van der Waals surface area contributed by atoms with Crippen molar-refractivity contribution in [3.63, 3.8) is 0 Å². The van der Waals surface area contributed by atoms with Crippen LogP contribution in [0.3, 0.4) is 0 Å². The van der Waals surface area contributed by atoms with Gasteiger partial charge in [0.15, 0.2) is 0 Å². The first-order valence-electron chi connectivity index (χ1n) is 7.90. The topological polar surface area (TPSA) is 66.5 Å². The van der Waals surface area contributed by atoms with Crippen molar-refractivity contribution in [2.75, 3.05) is 22.4 Å². The van der Waals surface area contributed by atoms with Gasteiger partial charge in [-0.3, -0.25) is 9.10 Å². The molecule has 0 unspecified atom stereocenters. The summed E-state index contributed by atoms with van der Waals surface area (Å²) in [6, 6.07) is 10.7. The second-order valence-electron chi connectivity index (χ2n) is 6.19. The fourth-order valence-corrected chi connectivity index (χ4v) is 3.37. The molecule has 0 saturated heterocycles. The highest BCUT2D eigenvalue weighted by Gasteiger charge is 2.21. The third kappa shape index (κ3) is 5.19. The van der Waals surface area contributed by atoms with E-state index in [0.717, 1.165) is 22.2 Å².